The summed E-state index contributed by atoms with van der Waals surface area (Å²) in [4.78, 5) is 17.6. The molecule has 3 aliphatic heterocycles. The maximum atomic E-state index is 12.8. The van der Waals surface area contributed by atoms with Crippen molar-refractivity contribution in [3.8, 4) is 0 Å². The highest BCUT2D eigenvalue weighted by Gasteiger charge is 2.32. The van der Waals surface area contributed by atoms with Gasteiger partial charge < -0.3 is 15.1 Å². The molecule has 3 heterocycles. The van der Waals surface area contributed by atoms with Gasteiger partial charge in [-0.05, 0) is 70.7 Å². The largest absolute Gasteiger partial charge is 0.335 e. The minimum Gasteiger partial charge on any atom is -0.335 e. The van der Waals surface area contributed by atoms with Gasteiger partial charge in [0, 0.05) is 38.3 Å². The zero-order valence-electron chi connectivity index (χ0n) is 17.9. The van der Waals surface area contributed by atoms with E-state index in [-0.39, 0.29) is 12.1 Å². The van der Waals surface area contributed by atoms with Crippen LogP contribution in [0.15, 0.2) is 29.2 Å². The molecule has 0 unspecified atom stereocenters. The minimum atomic E-state index is -3.46. The Balaban J connectivity index is 1.24. The van der Waals surface area contributed by atoms with E-state index >= 15 is 0 Å². The quantitative estimate of drug-likeness (QED) is 0.790. The van der Waals surface area contributed by atoms with Crippen LogP contribution >= 0.6 is 0 Å². The van der Waals surface area contributed by atoms with Crippen LogP contribution in [0.3, 0.4) is 0 Å². The molecule has 2 amide bonds. The van der Waals surface area contributed by atoms with Gasteiger partial charge in [-0.25, -0.2) is 13.2 Å². The van der Waals surface area contributed by atoms with Gasteiger partial charge in [-0.15, -0.1) is 0 Å². The van der Waals surface area contributed by atoms with Crippen LogP contribution in [0.25, 0.3) is 0 Å². The van der Waals surface area contributed by atoms with Crippen LogP contribution in [0, 0.1) is 6.92 Å². The summed E-state index contributed by atoms with van der Waals surface area (Å²) >= 11 is 0. The second-order valence-corrected chi connectivity index (χ2v) is 10.8. The highest BCUT2D eigenvalue weighted by molar-refractivity contribution is 7.89. The third-order valence-corrected chi connectivity index (χ3v) is 8.76. The topological polar surface area (TPSA) is 73.0 Å². The number of amides is 2. The third-order valence-electron chi connectivity index (χ3n) is 6.85. The van der Waals surface area contributed by atoms with Crippen molar-refractivity contribution in [2.45, 2.75) is 62.4 Å². The molecule has 3 aliphatic rings. The Morgan fingerprint density at radius 3 is 2.10 bits per heavy atom. The summed E-state index contributed by atoms with van der Waals surface area (Å²) in [6.07, 6.45) is 6.03. The molecule has 1 aromatic carbocycles. The van der Waals surface area contributed by atoms with E-state index < -0.39 is 10.0 Å². The first-order valence-corrected chi connectivity index (χ1v) is 12.7. The number of likely N-dealkylation sites (tertiary alicyclic amines) is 2. The van der Waals surface area contributed by atoms with Gasteiger partial charge in [-0.1, -0.05) is 17.7 Å². The lowest BCUT2D eigenvalue weighted by molar-refractivity contribution is 0.130. The van der Waals surface area contributed by atoms with E-state index in [1.165, 1.54) is 25.9 Å². The number of carbonyl (C=O) groups excluding carboxylic acids is 1. The number of aryl methyl sites for hydroxylation is 1. The molecule has 0 aliphatic carbocycles. The second-order valence-electron chi connectivity index (χ2n) is 8.90. The van der Waals surface area contributed by atoms with Gasteiger partial charge in [0.15, 0.2) is 0 Å². The van der Waals surface area contributed by atoms with Crippen LogP contribution in [-0.4, -0.2) is 79.9 Å². The van der Waals surface area contributed by atoms with Crippen molar-refractivity contribution in [3.05, 3.63) is 29.8 Å². The number of rotatable bonds is 4. The maximum absolute atomic E-state index is 12.8. The SMILES string of the molecule is Cc1ccc(S(=O)(=O)N2CCC(NC(=O)N3CCC(N4CCCC4)CC3)CC2)cc1. The number of nitrogens with one attached hydrogen (secondary N) is 1. The van der Waals surface area contributed by atoms with E-state index in [2.05, 4.69) is 10.2 Å². The summed E-state index contributed by atoms with van der Waals surface area (Å²) in [5.41, 5.74) is 1.04. The van der Waals surface area contributed by atoms with Crippen LogP contribution in [-0.2, 0) is 10.0 Å². The molecule has 1 aromatic rings. The van der Waals surface area contributed by atoms with Crippen LogP contribution in [0.4, 0.5) is 4.79 Å². The normalized spacial score (nSPS) is 23.0. The molecule has 3 saturated heterocycles. The molecule has 4 rings (SSSR count). The zero-order chi connectivity index (χ0) is 21.1. The van der Waals surface area contributed by atoms with E-state index in [9.17, 15) is 13.2 Å². The number of sulfonamides is 1. The molecular weight excluding hydrogens is 400 g/mol. The van der Waals surface area contributed by atoms with E-state index in [4.69, 9.17) is 0 Å². The smallest absolute Gasteiger partial charge is 0.317 e. The predicted molar refractivity (Wildman–Crippen MR) is 117 cm³/mol. The maximum Gasteiger partial charge on any atom is 0.317 e. The van der Waals surface area contributed by atoms with Crippen molar-refractivity contribution in [2.24, 2.45) is 0 Å². The number of piperidine rings is 2. The number of hydrogen-bond acceptors (Lipinski definition) is 4. The van der Waals surface area contributed by atoms with Gasteiger partial charge in [-0.3, -0.25) is 0 Å². The molecule has 0 spiro atoms. The molecule has 30 heavy (non-hydrogen) atoms. The van der Waals surface area contributed by atoms with Crippen LogP contribution in [0.5, 0.6) is 0 Å². The molecule has 3 fully saturated rings. The standard InChI is InChI=1S/C22H34N4O3S/c1-18-4-6-21(7-5-18)30(28,29)26-16-8-19(9-17-26)23-22(27)25-14-10-20(11-15-25)24-12-2-3-13-24/h4-7,19-20H,2-3,8-17H2,1H3,(H,23,27). The van der Waals surface area contributed by atoms with E-state index in [0.29, 0.717) is 36.9 Å². The van der Waals surface area contributed by atoms with Gasteiger partial charge in [0.2, 0.25) is 10.0 Å². The average Bonchev–Trinajstić information content (AvgIpc) is 3.29. The molecule has 0 atom stereocenters. The Hall–Kier alpha value is -1.64. The number of hydrogen-bond donors (Lipinski definition) is 1. The molecule has 7 nitrogen and oxygen atoms in total. The van der Waals surface area contributed by atoms with Crippen LogP contribution < -0.4 is 5.32 Å². The lowest BCUT2D eigenvalue weighted by Crippen LogP contribution is -2.53. The van der Waals surface area contributed by atoms with Gasteiger partial charge in [-0.2, -0.15) is 4.31 Å². The number of carbonyl (C=O) groups is 1. The number of urea groups is 1. The van der Waals surface area contributed by atoms with Crippen LogP contribution in [0.2, 0.25) is 0 Å². The van der Waals surface area contributed by atoms with Gasteiger partial charge >= 0.3 is 6.03 Å². The van der Waals surface area contributed by atoms with Gasteiger partial charge in [0.05, 0.1) is 4.90 Å². The van der Waals surface area contributed by atoms with Crippen molar-refractivity contribution in [2.75, 3.05) is 39.3 Å². The lowest BCUT2D eigenvalue weighted by atomic mass is 10.0. The number of nitrogens with zero attached hydrogens (tertiary/aromatic N) is 3. The van der Waals surface area contributed by atoms with Gasteiger partial charge in [0.25, 0.3) is 0 Å². The molecule has 0 radical (unpaired) electrons. The summed E-state index contributed by atoms with van der Waals surface area (Å²) < 4.78 is 27.2. The highest BCUT2D eigenvalue weighted by Crippen LogP contribution is 2.23. The Kier molecular flexibility index (Phi) is 6.65. The molecule has 0 aromatic heterocycles. The fourth-order valence-corrected chi connectivity index (χ4v) is 6.38. The summed E-state index contributed by atoms with van der Waals surface area (Å²) in [5, 5.41) is 3.14. The predicted octanol–water partition coefficient (Wildman–Crippen LogP) is 2.42. The Labute approximate surface area is 180 Å². The van der Waals surface area contributed by atoms with E-state index in [0.717, 1.165) is 31.5 Å². The van der Waals surface area contributed by atoms with Crippen LogP contribution in [0.1, 0.15) is 44.1 Å². The first-order chi connectivity index (χ1) is 14.4. The van der Waals surface area contributed by atoms with Gasteiger partial charge in [0.1, 0.15) is 0 Å². The van der Waals surface area contributed by atoms with E-state index in [1.54, 1.807) is 16.4 Å². The first-order valence-electron chi connectivity index (χ1n) is 11.3. The molecule has 166 valence electrons. The summed E-state index contributed by atoms with van der Waals surface area (Å²) in [7, 11) is -3.46. The van der Waals surface area contributed by atoms with Crippen molar-refractivity contribution in [1.29, 1.82) is 0 Å². The fraction of sp³-hybridized carbons (Fsp3) is 0.682. The summed E-state index contributed by atoms with van der Waals surface area (Å²) in [6, 6.07) is 7.67. The molecule has 0 saturated carbocycles. The summed E-state index contributed by atoms with van der Waals surface area (Å²) in [6.45, 7) is 6.87. The van der Waals surface area contributed by atoms with Crippen molar-refractivity contribution >= 4 is 16.1 Å². The zero-order valence-corrected chi connectivity index (χ0v) is 18.7. The molecule has 0 bridgehead atoms. The third kappa shape index (κ3) is 4.81. The Morgan fingerprint density at radius 2 is 1.50 bits per heavy atom. The minimum absolute atomic E-state index is 0.00899. The molecular formula is C22H34N4O3S. The van der Waals surface area contributed by atoms with Crippen molar-refractivity contribution < 1.29 is 13.2 Å². The monoisotopic (exact) mass is 434 g/mol. The second kappa shape index (κ2) is 9.24. The van der Waals surface area contributed by atoms with Crippen molar-refractivity contribution in [3.63, 3.8) is 0 Å². The fourth-order valence-electron chi connectivity index (χ4n) is 4.91. The lowest BCUT2D eigenvalue weighted by Gasteiger charge is -2.38. The highest BCUT2D eigenvalue weighted by atomic mass is 32.2. The number of benzene rings is 1. The Bertz CT molecular complexity index is 820. The van der Waals surface area contributed by atoms with Crippen molar-refractivity contribution in [1.82, 2.24) is 19.4 Å². The molecule has 8 heteroatoms. The summed E-state index contributed by atoms with van der Waals surface area (Å²) in [5.74, 6) is 0. The average molecular weight is 435 g/mol. The first kappa shape index (κ1) is 21.6. The molecule has 1 N–H and O–H groups in total. The Morgan fingerprint density at radius 1 is 0.900 bits per heavy atom. The van der Waals surface area contributed by atoms with E-state index in [1.807, 2.05) is 24.0 Å².